The van der Waals surface area contributed by atoms with Crippen LogP contribution in [0.3, 0.4) is 0 Å². The zero-order valence-corrected chi connectivity index (χ0v) is 12.1. The van der Waals surface area contributed by atoms with Crippen LogP contribution >= 0.6 is 23.1 Å². The summed E-state index contributed by atoms with van der Waals surface area (Å²) in [5.41, 5.74) is 2.97. The van der Waals surface area contributed by atoms with Crippen molar-refractivity contribution < 1.29 is 0 Å². The topological polar surface area (TPSA) is 15.6 Å². The number of nitrogens with zero attached hydrogens (tertiary/aromatic N) is 2. The molecule has 1 aromatic carbocycles. The van der Waals surface area contributed by atoms with Crippen LogP contribution in [0.2, 0.25) is 0 Å². The predicted octanol–water partition coefficient (Wildman–Crippen LogP) is 3.91. The Labute approximate surface area is 121 Å². The average Bonchev–Trinajstić information content (AvgIpc) is 3.08. The summed E-state index contributed by atoms with van der Waals surface area (Å²) in [6.45, 7) is 1.01. The number of hydrogen-bond acceptors (Lipinski definition) is 3. The van der Waals surface area contributed by atoms with Crippen LogP contribution in [0.15, 0.2) is 46.8 Å². The molecule has 1 aromatic heterocycles. The Bertz CT molecular complexity index is 619. The highest BCUT2D eigenvalue weighted by molar-refractivity contribution is 8.14. The molecule has 4 rings (SSSR count). The number of benzene rings is 1. The molecule has 0 spiro atoms. The molecule has 96 valence electrons. The van der Waals surface area contributed by atoms with Gasteiger partial charge < -0.3 is 4.90 Å². The van der Waals surface area contributed by atoms with E-state index < -0.39 is 0 Å². The molecule has 3 heterocycles. The van der Waals surface area contributed by atoms with E-state index in [2.05, 4.69) is 46.7 Å². The van der Waals surface area contributed by atoms with Crippen LogP contribution in [-0.4, -0.2) is 21.9 Å². The summed E-state index contributed by atoms with van der Waals surface area (Å²) in [5, 5.41) is 4.39. The molecule has 0 radical (unpaired) electrons. The first kappa shape index (κ1) is 11.6. The van der Waals surface area contributed by atoms with Gasteiger partial charge in [-0.2, -0.15) is 0 Å². The third kappa shape index (κ3) is 2.09. The monoisotopic (exact) mass is 286 g/mol. The van der Waals surface area contributed by atoms with Gasteiger partial charge in [0.05, 0.1) is 0 Å². The molecule has 0 aliphatic carbocycles. The van der Waals surface area contributed by atoms with Crippen LogP contribution in [0, 0.1) is 0 Å². The lowest BCUT2D eigenvalue weighted by Crippen LogP contribution is -2.38. The molecule has 1 atom stereocenters. The SMILES string of the molecule is c1csc(/N=C2\SC[C@@H]3Cc4ccccc4CN23)c1. The number of hydrogen-bond donors (Lipinski definition) is 0. The normalized spacial score (nSPS) is 23.5. The molecule has 0 unspecified atom stereocenters. The van der Waals surface area contributed by atoms with E-state index >= 15 is 0 Å². The molecule has 1 fully saturated rings. The minimum Gasteiger partial charge on any atom is -0.343 e. The van der Waals surface area contributed by atoms with Crippen molar-refractivity contribution in [1.82, 2.24) is 4.90 Å². The fraction of sp³-hybridized carbons (Fsp3) is 0.267. The fourth-order valence-corrected chi connectivity index (χ4v) is 4.57. The van der Waals surface area contributed by atoms with Crippen molar-refractivity contribution in [2.45, 2.75) is 19.0 Å². The first-order valence-electron chi connectivity index (χ1n) is 6.48. The molecule has 0 N–H and O–H groups in total. The maximum atomic E-state index is 4.80. The number of thioether (sulfide) groups is 1. The molecule has 19 heavy (non-hydrogen) atoms. The fourth-order valence-electron chi connectivity index (χ4n) is 2.74. The summed E-state index contributed by atoms with van der Waals surface area (Å²) in [6, 6.07) is 13.6. The van der Waals surface area contributed by atoms with Crippen LogP contribution in [0.4, 0.5) is 5.00 Å². The number of rotatable bonds is 1. The van der Waals surface area contributed by atoms with E-state index in [1.54, 1.807) is 11.3 Å². The molecule has 4 heteroatoms. The van der Waals surface area contributed by atoms with Crippen molar-refractivity contribution in [3.8, 4) is 0 Å². The Morgan fingerprint density at radius 1 is 1.11 bits per heavy atom. The van der Waals surface area contributed by atoms with E-state index in [0.717, 1.165) is 18.0 Å². The molecule has 0 bridgehead atoms. The van der Waals surface area contributed by atoms with Gasteiger partial charge in [0, 0.05) is 18.3 Å². The zero-order valence-electron chi connectivity index (χ0n) is 10.5. The second-order valence-electron chi connectivity index (χ2n) is 4.91. The van der Waals surface area contributed by atoms with Crippen molar-refractivity contribution in [2.75, 3.05) is 5.75 Å². The van der Waals surface area contributed by atoms with E-state index in [1.807, 2.05) is 11.8 Å². The first-order chi connectivity index (χ1) is 9.40. The predicted molar refractivity (Wildman–Crippen MR) is 83.3 cm³/mol. The number of aliphatic imine (C=N–C) groups is 1. The Balaban J connectivity index is 1.66. The standard InChI is InChI=1S/C15H14N2S2/c1-2-5-12-9-17-13(8-11(12)4-1)10-19-15(17)16-14-6-3-7-18-14/h1-7,13H,8-10H2/b16-15-/t13-/m0/s1. The van der Waals surface area contributed by atoms with Gasteiger partial charge in [0.1, 0.15) is 5.00 Å². The lowest BCUT2D eigenvalue weighted by atomic mass is 9.95. The van der Waals surface area contributed by atoms with Gasteiger partial charge in [0.15, 0.2) is 5.17 Å². The van der Waals surface area contributed by atoms with Gasteiger partial charge in [-0.15, -0.1) is 11.3 Å². The van der Waals surface area contributed by atoms with E-state index in [0.29, 0.717) is 6.04 Å². The number of amidine groups is 1. The van der Waals surface area contributed by atoms with Crippen molar-refractivity contribution in [2.24, 2.45) is 4.99 Å². The van der Waals surface area contributed by atoms with Crippen LogP contribution in [0.5, 0.6) is 0 Å². The van der Waals surface area contributed by atoms with E-state index in [-0.39, 0.29) is 0 Å². The lowest BCUT2D eigenvalue weighted by molar-refractivity contribution is 0.320. The lowest BCUT2D eigenvalue weighted by Gasteiger charge is -2.32. The molecular weight excluding hydrogens is 272 g/mol. The van der Waals surface area contributed by atoms with Gasteiger partial charge in [0.25, 0.3) is 0 Å². The van der Waals surface area contributed by atoms with Crippen LogP contribution in [0.25, 0.3) is 0 Å². The second kappa shape index (κ2) is 4.69. The molecular formula is C15H14N2S2. The molecule has 2 nitrogen and oxygen atoms in total. The highest BCUT2D eigenvalue weighted by Gasteiger charge is 2.34. The Kier molecular flexibility index (Phi) is 2.85. The molecule has 2 aliphatic heterocycles. The Hall–Kier alpha value is -1.26. The Morgan fingerprint density at radius 2 is 2.00 bits per heavy atom. The third-order valence-corrected chi connectivity index (χ3v) is 5.62. The number of fused-ring (bicyclic) bond motifs is 2. The van der Waals surface area contributed by atoms with Crippen LogP contribution < -0.4 is 0 Å². The van der Waals surface area contributed by atoms with Crippen LogP contribution in [-0.2, 0) is 13.0 Å². The quantitative estimate of drug-likeness (QED) is 0.790. The molecule has 0 saturated carbocycles. The van der Waals surface area contributed by atoms with Crippen molar-refractivity contribution >= 4 is 33.3 Å². The van der Waals surface area contributed by atoms with Gasteiger partial charge in [-0.25, -0.2) is 4.99 Å². The maximum absolute atomic E-state index is 4.80. The second-order valence-corrected chi connectivity index (χ2v) is 6.82. The molecule has 1 saturated heterocycles. The van der Waals surface area contributed by atoms with Gasteiger partial charge >= 0.3 is 0 Å². The minimum absolute atomic E-state index is 0.624. The van der Waals surface area contributed by atoms with Crippen molar-refractivity contribution in [1.29, 1.82) is 0 Å². The van der Waals surface area contributed by atoms with E-state index in [4.69, 9.17) is 4.99 Å². The summed E-state index contributed by atoms with van der Waals surface area (Å²) in [7, 11) is 0. The third-order valence-electron chi connectivity index (χ3n) is 3.72. The van der Waals surface area contributed by atoms with E-state index in [1.165, 1.54) is 22.0 Å². The van der Waals surface area contributed by atoms with Crippen LogP contribution in [0.1, 0.15) is 11.1 Å². The smallest absolute Gasteiger partial charge is 0.165 e. The summed E-state index contributed by atoms with van der Waals surface area (Å²) >= 11 is 3.61. The minimum atomic E-state index is 0.624. The van der Waals surface area contributed by atoms with Crippen molar-refractivity contribution in [3.05, 3.63) is 52.9 Å². The Morgan fingerprint density at radius 3 is 2.84 bits per heavy atom. The largest absolute Gasteiger partial charge is 0.343 e. The molecule has 0 amide bonds. The van der Waals surface area contributed by atoms with Crippen molar-refractivity contribution in [3.63, 3.8) is 0 Å². The van der Waals surface area contributed by atoms with Gasteiger partial charge in [-0.05, 0) is 35.1 Å². The molecule has 2 aliphatic rings. The summed E-state index contributed by atoms with van der Waals surface area (Å²) < 4.78 is 0. The van der Waals surface area contributed by atoms with E-state index in [9.17, 15) is 0 Å². The van der Waals surface area contributed by atoms with Gasteiger partial charge in [-0.3, -0.25) is 0 Å². The average molecular weight is 286 g/mol. The number of thiophene rings is 1. The van der Waals surface area contributed by atoms with Gasteiger partial charge in [-0.1, -0.05) is 36.0 Å². The zero-order chi connectivity index (χ0) is 12.7. The van der Waals surface area contributed by atoms with Gasteiger partial charge in [0.2, 0.25) is 0 Å². The summed E-state index contributed by atoms with van der Waals surface area (Å²) in [6.07, 6.45) is 1.16. The highest BCUT2D eigenvalue weighted by atomic mass is 32.2. The summed E-state index contributed by atoms with van der Waals surface area (Å²) in [5.74, 6) is 1.17. The maximum Gasteiger partial charge on any atom is 0.165 e. The summed E-state index contributed by atoms with van der Waals surface area (Å²) in [4.78, 5) is 7.28. The molecule has 2 aromatic rings. The first-order valence-corrected chi connectivity index (χ1v) is 8.35. The highest BCUT2D eigenvalue weighted by Crippen LogP contribution is 2.35.